The molecule has 0 N–H and O–H groups in total. The van der Waals surface area contributed by atoms with Crippen LogP contribution in [0.3, 0.4) is 0 Å². The van der Waals surface area contributed by atoms with E-state index in [4.69, 9.17) is 0 Å². The van der Waals surface area contributed by atoms with E-state index in [-0.39, 0.29) is 24.4 Å². The molecule has 1 aliphatic carbocycles. The normalized spacial score (nSPS) is 14.0. The van der Waals surface area contributed by atoms with Gasteiger partial charge in [0.05, 0.1) is 12.3 Å². The molecule has 0 bridgehead atoms. The lowest BCUT2D eigenvalue weighted by molar-refractivity contribution is -0.142. The third-order valence-corrected chi connectivity index (χ3v) is 8.10. The van der Waals surface area contributed by atoms with Crippen molar-refractivity contribution >= 4 is 34.9 Å². The molecule has 0 unspecified atom stereocenters. The molecule has 6 heteroatoms. The van der Waals surface area contributed by atoms with Gasteiger partial charge in [-0.2, -0.15) is 0 Å². The standard InChI is InChI=1S/C28H32N2O2S2/c31-27(29(20-26-17-10-18-33-26)19-23-11-4-1-5-12-23)21-30(24-13-6-2-7-14-24)28(32)22-34-25-15-8-3-9-16-25/h1,3-5,8-12,15-18,24H,2,6-7,13-14,19-22H2. The van der Waals surface area contributed by atoms with E-state index >= 15 is 0 Å². The highest BCUT2D eigenvalue weighted by molar-refractivity contribution is 8.00. The summed E-state index contributed by atoms with van der Waals surface area (Å²) in [6.45, 7) is 1.26. The van der Waals surface area contributed by atoms with Crippen molar-refractivity contribution in [3.63, 3.8) is 0 Å². The molecule has 0 aliphatic heterocycles. The van der Waals surface area contributed by atoms with E-state index in [1.807, 2.05) is 69.8 Å². The molecule has 4 nitrogen and oxygen atoms in total. The van der Waals surface area contributed by atoms with E-state index in [1.54, 1.807) is 23.1 Å². The Kier molecular flexibility index (Phi) is 9.22. The SMILES string of the molecule is O=C(CN(C(=O)CSc1ccccc1)C1CCCCC1)N(Cc1ccccc1)Cc1cccs1. The van der Waals surface area contributed by atoms with Crippen molar-refractivity contribution in [1.82, 2.24) is 9.80 Å². The van der Waals surface area contributed by atoms with Gasteiger partial charge in [0.2, 0.25) is 11.8 Å². The molecule has 1 fully saturated rings. The summed E-state index contributed by atoms with van der Waals surface area (Å²) in [4.78, 5) is 33.0. The van der Waals surface area contributed by atoms with E-state index in [9.17, 15) is 9.59 Å². The Bertz CT molecular complexity index is 1020. The number of amides is 2. The molecule has 2 amide bonds. The number of hydrogen-bond acceptors (Lipinski definition) is 4. The Morgan fingerprint density at radius 3 is 2.21 bits per heavy atom. The number of thioether (sulfide) groups is 1. The molecular formula is C28H32N2O2S2. The van der Waals surface area contributed by atoms with Crippen molar-refractivity contribution in [2.45, 2.75) is 56.1 Å². The summed E-state index contributed by atoms with van der Waals surface area (Å²) >= 11 is 3.21. The zero-order valence-electron chi connectivity index (χ0n) is 19.5. The van der Waals surface area contributed by atoms with E-state index in [0.717, 1.165) is 41.0 Å². The lowest BCUT2D eigenvalue weighted by Gasteiger charge is -2.35. The second-order valence-corrected chi connectivity index (χ2v) is 10.8. The van der Waals surface area contributed by atoms with Crippen molar-refractivity contribution in [3.05, 3.63) is 88.6 Å². The Morgan fingerprint density at radius 2 is 1.53 bits per heavy atom. The van der Waals surface area contributed by atoms with Crippen molar-refractivity contribution in [2.75, 3.05) is 12.3 Å². The minimum Gasteiger partial charge on any atom is -0.332 e. The van der Waals surface area contributed by atoms with Gasteiger partial charge in [-0.3, -0.25) is 9.59 Å². The first-order valence-electron chi connectivity index (χ1n) is 12.0. The highest BCUT2D eigenvalue weighted by Crippen LogP contribution is 2.25. The maximum absolute atomic E-state index is 13.6. The first-order chi connectivity index (χ1) is 16.7. The second kappa shape index (κ2) is 12.8. The van der Waals surface area contributed by atoms with Gasteiger partial charge >= 0.3 is 0 Å². The molecule has 0 radical (unpaired) electrons. The maximum atomic E-state index is 13.6. The molecule has 1 aromatic heterocycles. The fourth-order valence-corrected chi connectivity index (χ4v) is 5.96. The van der Waals surface area contributed by atoms with E-state index in [2.05, 4.69) is 18.2 Å². The molecule has 2 aromatic carbocycles. The fraction of sp³-hybridized carbons (Fsp3) is 0.357. The smallest absolute Gasteiger partial charge is 0.242 e. The van der Waals surface area contributed by atoms with Crippen LogP contribution in [0.2, 0.25) is 0 Å². The minimum absolute atomic E-state index is 0.0147. The Balaban J connectivity index is 1.48. The summed E-state index contributed by atoms with van der Waals surface area (Å²) < 4.78 is 0. The molecule has 4 rings (SSSR count). The molecule has 0 spiro atoms. The molecule has 0 saturated heterocycles. The number of hydrogen-bond donors (Lipinski definition) is 0. The molecule has 1 heterocycles. The van der Waals surface area contributed by atoms with E-state index in [1.165, 1.54) is 6.42 Å². The van der Waals surface area contributed by atoms with Crippen molar-refractivity contribution < 1.29 is 9.59 Å². The van der Waals surface area contributed by atoms with Crippen LogP contribution in [0, 0.1) is 0 Å². The molecule has 34 heavy (non-hydrogen) atoms. The van der Waals surface area contributed by atoms with Crippen LogP contribution in [-0.2, 0) is 22.7 Å². The third kappa shape index (κ3) is 7.21. The maximum Gasteiger partial charge on any atom is 0.242 e. The van der Waals surface area contributed by atoms with Crippen LogP contribution in [0.1, 0.15) is 42.5 Å². The zero-order chi connectivity index (χ0) is 23.6. The highest BCUT2D eigenvalue weighted by atomic mass is 32.2. The van der Waals surface area contributed by atoms with Gasteiger partial charge in [-0.05, 0) is 42.0 Å². The summed E-state index contributed by atoms with van der Waals surface area (Å²) in [5, 5.41) is 2.04. The monoisotopic (exact) mass is 492 g/mol. The van der Waals surface area contributed by atoms with Crippen LogP contribution < -0.4 is 0 Å². The number of carbonyl (C=O) groups excluding carboxylic acids is 2. The van der Waals surface area contributed by atoms with Crippen molar-refractivity contribution in [2.24, 2.45) is 0 Å². The highest BCUT2D eigenvalue weighted by Gasteiger charge is 2.29. The summed E-state index contributed by atoms with van der Waals surface area (Å²) in [5.74, 6) is 0.433. The van der Waals surface area contributed by atoms with Crippen LogP contribution in [0.5, 0.6) is 0 Å². The second-order valence-electron chi connectivity index (χ2n) is 8.73. The number of benzene rings is 2. The molecule has 1 aliphatic rings. The van der Waals surface area contributed by atoms with Crippen LogP contribution in [-0.4, -0.2) is 40.0 Å². The lowest BCUT2D eigenvalue weighted by atomic mass is 9.94. The van der Waals surface area contributed by atoms with Gasteiger partial charge < -0.3 is 9.80 Å². The van der Waals surface area contributed by atoms with Crippen LogP contribution in [0.4, 0.5) is 0 Å². The van der Waals surface area contributed by atoms with Crippen LogP contribution in [0.25, 0.3) is 0 Å². The summed E-state index contributed by atoms with van der Waals surface area (Å²) in [6, 6.07) is 24.3. The van der Waals surface area contributed by atoms with Gasteiger partial charge in [-0.25, -0.2) is 0 Å². The number of rotatable bonds is 10. The average molecular weight is 493 g/mol. The molecule has 1 saturated carbocycles. The summed E-state index contributed by atoms with van der Waals surface area (Å²) in [6.07, 6.45) is 5.43. The Hall–Kier alpha value is -2.57. The van der Waals surface area contributed by atoms with Gasteiger partial charge in [0.25, 0.3) is 0 Å². The van der Waals surface area contributed by atoms with Gasteiger partial charge in [0, 0.05) is 22.4 Å². The Labute approximate surface area is 211 Å². The molecular weight excluding hydrogens is 460 g/mol. The zero-order valence-corrected chi connectivity index (χ0v) is 21.1. The number of nitrogens with zero attached hydrogens (tertiary/aromatic N) is 2. The quantitative estimate of drug-likeness (QED) is 0.315. The topological polar surface area (TPSA) is 40.6 Å². The third-order valence-electron chi connectivity index (χ3n) is 6.24. The van der Waals surface area contributed by atoms with E-state index < -0.39 is 0 Å². The predicted octanol–water partition coefficient (Wildman–Crippen LogP) is 6.23. The largest absolute Gasteiger partial charge is 0.332 e. The fourth-order valence-electron chi connectivity index (χ4n) is 4.43. The molecule has 0 atom stereocenters. The summed E-state index contributed by atoms with van der Waals surface area (Å²) in [5.41, 5.74) is 1.10. The van der Waals surface area contributed by atoms with Crippen LogP contribution >= 0.6 is 23.1 Å². The van der Waals surface area contributed by atoms with Gasteiger partial charge in [0.1, 0.15) is 6.54 Å². The van der Waals surface area contributed by atoms with Crippen molar-refractivity contribution in [1.29, 1.82) is 0 Å². The molecule has 178 valence electrons. The van der Waals surface area contributed by atoms with Crippen LogP contribution in [0.15, 0.2) is 83.1 Å². The number of carbonyl (C=O) groups is 2. The predicted molar refractivity (Wildman–Crippen MR) is 141 cm³/mol. The van der Waals surface area contributed by atoms with Crippen molar-refractivity contribution in [3.8, 4) is 0 Å². The first-order valence-corrected chi connectivity index (χ1v) is 13.9. The van der Waals surface area contributed by atoms with E-state index in [0.29, 0.717) is 18.8 Å². The lowest BCUT2D eigenvalue weighted by Crippen LogP contribution is -2.48. The Morgan fingerprint density at radius 1 is 0.824 bits per heavy atom. The summed E-state index contributed by atoms with van der Waals surface area (Å²) in [7, 11) is 0. The van der Waals surface area contributed by atoms with Gasteiger partial charge in [-0.15, -0.1) is 23.1 Å². The van der Waals surface area contributed by atoms with Gasteiger partial charge in [0.15, 0.2) is 0 Å². The minimum atomic E-state index is 0.0147. The average Bonchev–Trinajstić information content (AvgIpc) is 3.40. The number of thiophene rings is 1. The van der Waals surface area contributed by atoms with Gasteiger partial charge in [-0.1, -0.05) is 73.9 Å². The first kappa shape index (κ1) is 24.6. The molecule has 3 aromatic rings.